The van der Waals surface area contributed by atoms with Crippen LogP contribution in [0.4, 0.5) is 0 Å². The predicted molar refractivity (Wildman–Crippen MR) is 69.3 cm³/mol. The maximum Gasteiger partial charge on any atom is 0.243 e. The van der Waals surface area contributed by atoms with E-state index in [1.807, 2.05) is 14.0 Å². The molecule has 7 heteroatoms. The fourth-order valence-electron chi connectivity index (χ4n) is 1.54. The first kappa shape index (κ1) is 14.9. The number of aryl methyl sites for hydroxylation is 2. The van der Waals surface area contributed by atoms with Gasteiger partial charge in [-0.25, -0.2) is 0 Å². The van der Waals surface area contributed by atoms with Crippen LogP contribution in [0.25, 0.3) is 0 Å². The average molecular weight is 275 g/mol. The molecule has 0 radical (unpaired) electrons. The maximum absolute atomic E-state index is 10.4. The summed E-state index contributed by atoms with van der Waals surface area (Å²) >= 11 is 6.20. The number of primary amides is 1. The number of carbonyl (C=O) groups is 1. The van der Waals surface area contributed by atoms with E-state index in [2.05, 4.69) is 10.4 Å². The molecule has 18 heavy (non-hydrogen) atoms. The van der Waals surface area contributed by atoms with Gasteiger partial charge >= 0.3 is 0 Å². The Balaban J connectivity index is 2.31. The smallest absolute Gasteiger partial charge is 0.243 e. The quantitative estimate of drug-likeness (QED) is 0.665. The van der Waals surface area contributed by atoms with Gasteiger partial charge in [0.1, 0.15) is 6.61 Å². The minimum atomic E-state index is -0.461. The van der Waals surface area contributed by atoms with E-state index in [0.29, 0.717) is 24.7 Å². The molecule has 3 N–H and O–H groups in total. The summed E-state index contributed by atoms with van der Waals surface area (Å²) in [4.78, 5) is 10.4. The zero-order valence-corrected chi connectivity index (χ0v) is 11.5. The number of hydrogen-bond acceptors (Lipinski definition) is 4. The number of rotatable bonds is 8. The Morgan fingerprint density at radius 3 is 2.89 bits per heavy atom. The van der Waals surface area contributed by atoms with E-state index in [-0.39, 0.29) is 6.61 Å². The summed E-state index contributed by atoms with van der Waals surface area (Å²) in [7, 11) is 1.87. The lowest BCUT2D eigenvalue weighted by Gasteiger charge is -2.06. The number of carbonyl (C=O) groups excluding carboxylic acids is 1. The van der Waals surface area contributed by atoms with Crippen LogP contribution in [0.2, 0.25) is 5.02 Å². The van der Waals surface area contributed by atoms with Crippen LogP contribution in [0.3, 0.4) is 0 Å². The third-order valence-corrected chi connectivity index (χ3v) is 2.90. The summed E-state index contributed by atoms with van der Waals surface area (Å²) < 4.78 is 6.80. The van der Waals surface area contributed by atoms with Gasteiger partial charge in [0.05, 0.1) is 23.0 Å². The number of nitrogens with one attached hydrogen (secondary N) is 1. The number of halogens is 1. The van der Waals surface area contributed by atoms with Crippen molar-refractivity contribution in [3.8, 4) is 0 Å². The minimum absolute atomic E-state index is 0.0475. The van der Waals surface area contributed by atoms with Crippen molar-refractivity contribution < 1.29 is 9.53 Å². The lowest BCUT2D eigenvalue weighted by Crippen LogP contribution is -2.24. The fourth-order valence-corrected chi connectivity index (χ4v) is 1.90. The molecule has 0 aromatic carbocycles. The molecule has 1 heterocycles. The number of nitrogens with zero attached hydrogens (tertiary/aromatic N) is 2. The molecule has 0 aliphatic heterocycles. The van der Waals surface area contributed by atoms with Crippen LogP contribution >= 0.6 is 11.6 Å². The molecule has 0 spiro atoms. The van der Waals surface area contributed by atoms with Crippen molar-refractivity contribution in [2.24, 2.45) is 12.8 Å². The second-order valence-electron chi connectivity index (χ2n) is 3.88. The van der Waals surface area contributed by atoms with Gasteiger partial charge in [-0.2, -0.15) is 5.10 Å². The van der Waals surface area contributed by atoms with Crippen molar-refractivity contribution in [1.29, 1.82) is 0 Å². The largest absolute Gasteiger partial charge is 0.370 e. The Morgan fingerprint density at radius 2 is 2.33 bits per heavy atom. The van der Waals surface area contributed by atoms with E-state index in [1.54, 1.807) is 4.68 Å². The van der Waals surface area contributed by atoms with Crippen molar-refractivity contribution in [3.05, 3.63) is 16.4 Å². The molecular formula is C11H19ClN4O2. The van der Waals surface area contributed by atoms with Crippen LogP contribution in [-0.2, 0) is 29.5 Å². The third-order valence-electron chi connectivity index (χ3n) is 2.46. The first-order chi connectivity index (χ1) is 8.56. The van der Waals surface area contributed by atoms with E-state index in [1.165, 1.54) is 0 Å². The highest BCUT2D eigenvalue weighted by Crippen LogP contribution is 2.20. The van der Waals surface area contributed by atoms with Gasteiger partial charge in [-0.1, -0.05) is 18.5 Å². The number of nitrogens with two attached hydrogens (primary N) is 1. The van der Waals surface area contributed by atoms with Gasteiger partial charge in [-0.05, 0) is 6.42 Å². The third kappa shape index (κ3) is 4.29. The van der Waals surface area contributed by atoms with Crippen LogP contribution in [-0.4, -0.2) is 35.4 Å². The number of hydrogen-bond donors (Lipinski definition) is 2. The van der Waals surface area contributed by atoms with Crippen molar-refractivity contribution in [1.82, 2.24) is 15.1 Å². The average Bonchev–Trinajstić information content (AvgIpc) is 2.59. The fraction of sp³-hybridized carbons (Fsp3) is 0.636. The lowest BCUT2D eigenvalue weighted by atomic mass is 10.3. The highest BCUT2D eigenvalue weighted by atomic mass is 35.5. The van der Waals surface area contributed by atoms with Gasteiger partial charge < -0.3 is 15.8 Å². The van der Waals surface area contributed by atoms with Crippen molar-refractivity contribution in [3.63, 3.8) is 0 Å². The van der Waals surface area contributed by atoms with E-state index >= 15 is 0 Å². The molecule has 0 unspecified atom stereocenters. The molecule has 1 aromatic rings. The molecule has 6 nitrogen and oxygen atoms in total. The molecular weight excluding hydrogens is 256 g/mol. The minimum Gasteiger partial charge on any atom is -0.370 e. The van der Waals surface area contributed by atoms with Crippen LogP contribution in [0.1, 0.15) is 18.3 Å². The Hall–Kier alpha value is -1.11. The highest BCUT2D eigenvalue weighted by Gasteiger charge is 2.11. The molecule has 1 amide bonds. The van der Waals surface area contributed by atoms with Gasteiger partial charge in [0.15, 0.2) is 0 Å². The molecule has 0 atom stereocenters. The number of aromatic nitrogens is 2. The van der Waals surface area contributed by atoms with Gasteiger partial charge in [-0.15, -0.1) is 0 Å². The van der Waals surface area contributed by atoms with Crippen molar-refractivity contribution in [2.75, 3.05) is 19.8 Å². The summed E-state index contributed by atoms with van der Waals surface area (Å²) in [6.07, 6.45) is 0.814. The maximum atomic E-state index is 10.4. The first-order valence-corrected chi connectivity index (χ1v) is 6.21. The Bertz CT molecular complexity index is 406. The number of ether oxygens (including phenoxy) is 1. The Labute approximate surface area is 111 Å². The summed E-state index contributed by atoms with van der Waals surface area (Å²) in [5, 5.41) is 8.20. The lowest BCUT2D eigenvalue weighted by molar-refractivity contribution is -0.122. The first-order valence-electron chi connectivity index (χ1n) is 5.83. The van der Waals surface area contributed by atoms with Crippen LogP contribution in [0.15, 0.2) is 0 Å². The molecule has 1 rings (SSSR count). The van der Waals surface area contributed by atoms with E-state index in [4.69, 9.17) is 22.1 Å². The second-order valence-corrected chi connectivity index (χ2v) is 4.26. The van der Waals surface area contributed by atoms with E-state index in [9.17, 15) is 4.79 Å². The molecule has 102 valence electrons. The highest BCUT2D eigenvalue weighted by molar-refractivity contribution is 6.31. The molecule has 0 bridgehead atoms. The van der Waals surface area contributed by atoms with Crippen molar-refractivity contribution in [2.45, 2.75) is 19.9 Å². The van der Waals surface area contributed by atoms with E-state index < -0.39 is 5.91 Å². The van der Waals surface area contributed by atoms with E-state index in [0.717, 1.165) is 17.8 Å². The molecule has 0 fully saturated rings. The van der Waals surface area contributed by atoms with Gasteiger partial charge in [0.25, 0.3) is 0 Å². The standard InChI is InChI=1S/C11H19ClN4O2/c1-3-8-11(12)9(16(2)15-8)6-14-4-5-18-7-10(13)17/h14H,3-7H2,1-2H3,(H2,13,17). The molecule has 0 saturated heterocycles. The summed E-state index contributed by atoms with van der Waals surface area (Å²) in [6.45, 7) is 3.63. The normalized spacial score (nSPS) is 10.8. The second kappa shape index (κ2) is 7.35. The van der Waals surface area contributed by atoms with Gasteiger partial charge in [-0.3, -0.25) is 9.48 Å². The number of amides is 1. The molecule has 0 aliphatic carbocycles. The monoisotopic (exact) mass is 274 g/mol. The van der Waals surface area contributed by atoms with Crippen molar-refractivity contribution >= 4 is 17.5 Å². The zero-order valence-electron chi connectivity index (χ0n) is 10.7. The Kier molecular flexibility index (Phi) is 6.11. The molecule has 0 aliphatic rings. The molecule has 1 aromatic heterocycles. The topological polar surface area (TPSA) is 82.2 Å². The SMILES string of the molecule is CCc1nn(C)c(CNCCOCC(N)=O)c1Cl. The van der Waals surface area contributed by atoms with Gasteiger partial charge in [0, 0.05) is 20.1 Å². The Morgan fingerprint density at radius 1 is 1.61 bits per heavy atom. The summed E-state index contributed by atoms with van der Waals surface area (Å²) in [6, 6.07) is 0. The van der Waals surface area contributed by atoms with Crippen LogP contribution in [0, 0.1) is 0 Å². The zero-order chi connectivity index (χ0) is 13.5. The summed E-state index contributed by atoms with van der Waals surface area (Å²) in [5.41, 5.74) is 6.79. The summed E-state index contributed by atoms with van der Waals surface area (Å²) in [5.74, 6) is -0.461. The molecule has 0 saturated carbocycles. The van der Waals surface area contributed by atoms with Gasteiger partial charge in [0.2, 0.25) is 5.91 Å². The van der Waals surface area contributed by atoms with Crippen LogP contribution in [0.5, 0.6) is 0 Å². The predicted octanol–water partition coefficient (Wildman–Crippen LogP) is 0.227. The van der Waals surface area contributed by atoms with Crippen LogP contribution < -0.4 is 11.1 Å².